The predicted molar refractivity (Wildman–Crippen MR) is 80.2 cm³/mol. The molecule has 3 rings (SSSR count). The molecule has 100 valence electrons. The van der Waals surface area contributed by atoms with Gasteiger partial charge in [0.1, 0.15) is 6.33 Å². The molecule has 20 heavy (non-hydrogen) atoms. The first-order chi connectivity index (χ1) is 9.72. The molecule has 0 atom stereocenters. The van der Waals surface area contributed by atoms with E-state index in [0.29, 0.717) is 5.95 Å². The molecule has 0 amide bonds. The van der Waals surface area contributed by atoms with E-state index in [1.807, 2.05) is 55.5 Å². The summed E-state index contributed by atoms with van der Waals surface area (Å²) in [7, 11) is 0. The average Bonchev–Trinajstić information content (AvgIpc) is 2.92. The number of nitrogens with two attached hydrogens (primary N) is 1. The summed E-state index contributed by atoms with van der Waals surface area (Å²) in [6.07, 6.45) is 1.68. The van der Waals surface area contributed by atoms with Gasteiger partial charge in [-0.05, 0) is 36.8 Å². The van der Waals surface area contributed by atoms with Crippen molar-refractivity contribution in [3.63, 3.8) is 0 Å². The van der Waals surface area contributed by atoms with E-state index in [1.54, 1.807) is 11.0 Å². The fourth-order valence-corrected chi connectivity index (χ4v) is 1.87. The van der Waals surface area contributed by atoms with Crippen LogP contribution in [0.1, 0.15) is 5.56 Å². The van der Waals surface area contributed by atoms with Crippen LogP contribution in [0.25, 0.3) is 5.69 Å². The first-order valence-electron chi connectivity index (χ1n) is 6.32. The summed E-state index contributed by atoms with van der Waals surface area (Å²) in [4.78, 5) is 4.24. The highest BCUT2D eigenvalue weighted by Gasteiger charge is 2.03. The Balaban J connectivity index is 1.82. The highest BCUT2D eigenvalue weighted by atomic mass is 15.4. The lowest BCUT2D eigenvalue weighted by Crippen LogP contribution is -1.98. The average molecular weight is 265 g/mol. The van der Waals surface area contributed by atoms with Crippen molar-refractivity contribution in [1.82, 2.24) is 14.8 Å². The summed E-state index contributed by atoms with van der Waals surface area (Å²) >= 11 is 0. The van der Waals surface area contributed by atoms with Crippen LogP contribution in [0.4, 0.5) is 17.3 Å². The normalized spacial score (nSPS) is 10.4. The van der Waals surface area contributed by atoms with Crippen LogP contribution in [-0.2, 0) is 0 Å². The van der Waals surface area contributed by atoms with Crippen molar-refractivity contribution in [3.05, 3.63) is 60.4 Å². The maximum atomic E-state index is 5.88. The minimum atomic E-state index is 0.539. The molecule has 0 aliphatic heterocycles. The molecule has 0 spiro atoms. The summed E-state index contributed by atoms with van der Waals surface area (Å²) < 4.78 is 1.72. The second kappa shape index (κ2) is 5.05. The molecule has 3 aromatic rings. The molecule has 0 aliphatic rings. The highest BCUT2D eigenvalue weighted by Crippen LogP contribution is 2.19. The molecule has 3 N–H and O–H groups in total. The lowest BCUT2D eigenvalue weighted by atomic mass is 10.2. The third-order valence-corrected chi connectivity index (χ3v) is 3.05. The van der Waals surface area contributed by atoms with Gasteiger partial charge in [0.05, 0.1) is 5.69 Å². The van der Waals surface area contributed by atoms with Crippen molar-refractivity contribution in [2.75, 3.05) is 11.1 Å². The van der Waals surface area contributed by atoms with Crippen molar-refractivity contribution < 1.29 is 0 Å². The number of aromatic nitrogens is 3. The second-order valence-electron chi connectivity index (χ2n) is 4.54. The SMILES string of the molecule is Cc1ccc(Nc2ncn(-c3ccccc3)n2)cc1N. The Hall–Kier alpha value is -2.82. The van der Waals surface area contributed by atoms with E-state index in [2.05, 4.69) is 15.4 Å². The number of nitrogens with zero attached hydrogens (tertiary/aromatic N) is 3. The number of rotatable bonds is 3. The number of benzene rings is 2. The van der Waals surface area contributed by atoms with Crippen LogP contribution >= 0.6 is 0 Å². The molecule has 2 aromatic carbocycles. The standard InChI is InChI=1S/C15H15N5/c1-11-7-8-12(9-14(11)16)18-15-17-10-20(19-15)13-5-3-2-4-6-13/h2-10H,16H2,1H3,(H,18,19). The van der Waals surface area contributed by atoms with E-state index in [0.717, 1.165) is 22.6 Å². The van der Waals surface area contributed by atoms with Crippen LogP contribution in [-0.4, -0.2) is 14.8 Å². The highest BCUT2D eigenvalue weighted by molar-refractivity contribution is 5.62. The van der Waals surface area contributed by atoms with Crippen molar-refractivity contribution in [3.8, 4) is 5.69 Å². The van der Waals surface area contributed by atoms with Gasteiger partial charge in [0.2, 0.25) is 5.95 Å². The minimum Gasteiger partial charge on any atom is -0.398 e. The van der Waals surface area contributed by atoms with Gasteiger partial charge in [-0.3, -0.25) is 0 Å². The summed E-state index contributed by atoms with van der Waals surface area (Å²) in [5.74, 6) is 0.539. The fraction of sp³-hybridized carbons (Fsp3) is 0.0667. The topological polar surface area (TPSA) is 68.8 Å². The molecule has 0 radical (unpaired) electrons. The zero-order chi connectivity index (χ0) is 13.9. The van der Waals surface area contributed by atoms with Crippen LogP contribution in [0.3, 0.4) is 0 Å². The van der Waals surface area contributed by atoms with Crippen LogP contribution in [0.5, 0.6) is 0 Å². The first kappa shape index (κ1) is 12.2. The molecular weight excluding hydrogens is 250 g/mol. The number of hydrogen-bond acceptors (Lipinski definition) is 4. The largest absolute Gasteiger partial charge is 0.398 e. The summed E-state index contributed by atoms with van der Waals surface area (Å²) in [6, 6.07) is 15.6. The monoisotopic (exact) mass is 265 g/mol. The molecule has 5 heteroatoms. The Morgan fingerprint density at radius 3 is 2.65 bits per heavy atom. The van der Waals surface area contributed by atoms with E-state index in [4.69, 9.17) is 5.73 Å². The Morgan fingerprint density at radius 2 is 1.90 bits per heavy atom. The number of hydrogen-bond donors (Lipinski definition) is 2. The van der Waals surface area contributed by atoms with E-state index in [9.17, 15) is 0 Å². The lowest BCUT2D eigenvalue weighted by Gasteiger charge is -2.05. The van der Waals surface area contributed by atoms with Crippen LogP contribution in [0.15, 0.2) is 54.9 Å². The molecule has 0 unspecified atom stereocenters. The number of nitrogens with one attached hydrogen (secondary N) is 1. The van der Waals surface area contributed by atoms with E-state index in [1.165, 1.54) is 0 Å². The zero-order valence-electron chi connectivity index (χ0n) is 11.1. The number of aryl methyl sites for hydroxylation is 1. The van der Waals surface area contributed by atoms with Gasteiger partial charge in [-0.1, -0.05) is 24.3 Å². The molecule has 0 aliphatic carbocycles. The van der Waals surface area contributed by atoms with Crippen LogP contribution < -0.4 is 11.1 Å². The van der Waals surface area contributed by atoms with Crippen molar-refractivity contribution in [2.24, 2.45) is 0 Å². The minimum absolute atomic E-state index is 0.539. The van der Waals surface area contributed by atoms with Crippen LogP contribution in [0.2, 0.25) is 0 Å². The third-order valence-electron chi connectivity index (χ3n) is 3.05. The van der Waals surface area contributed by atoms with E-state index in [-0.39, 0.29) is 0 Å². The van der Waals surface area contributed by atoms with Crippen LogP contribution in [0, 0.1) is 6.92 Å². The Labute approximate surface area is 117 Å². The molecule has 0 bridgehead atoms. The van der Waals surface area contributed by atoms with Gasteiger partial charge in [-0.15, -0.1) is 5.10 Å². The molecule has 1 aromatic heterocycles. The smallest absolute Gasteiger partial charge is 0.246 e. The van der Waals surface area contributed by atoms with Crippen molar-refractivity contribution >= 4 is 17.3 Å². The number of nitrogen functional groups attached to an aromatic ring is 1. The van der Waals surface area contributed by atoms with Crippen molar-refractivity contribution in [2.45, 2.75) is 6.92 Å². The summed E-state index contributed by atoms with van der Waals surface area (Å²) in [6.45, 7) is 1.97. The van der Waals surface area contributed by atoms with Gasteiger partial charge >= 0.3 is 0 Å². The summed E-state index contributed by atoms with van der Waals surface area (Å²) in [5, 5.41) is 7.52. The zero-order valence-corrected chi connectivity index (χ0v) is 11.1. The van der Waals surface area contributed by atoms with E-state index < -0.39 is 0 Å². The Morgan fingerprint density at radius 1 is 1.10 bits per heavy atom. The third kappa shape index (κ3) is 2.47. The maximum absolute atomic E-state index is 5.88. The van der Waals surface area contributed by atoms with Crippen molar-refractivity contribution in [1.29, 1.82) is 0 Å². The maximum Gasteiger partial charge on any atom is 0.246 e. The number of para-hydroxylation sites is 1. The summed E-state index contributed by atoms with van der Waals surface area (Å²) in [5.41, 5.74) is 9.53. The second-order valence-corrected chi connectivity index (χ2v) is 4.54. The Bertz CT molecular complexity index is 718. The van der Waals surface area contributed by atoms with Gasteiger partial charge in [0.15, 0.2) is 0 Å². The predicted octanol–water partition coefficient (Wildman–Crippen LogP) is 2.90. The molecular formula is C15H15N5. The number of anilines is 3. The quantitative estimate of drug-likeness (QED) is 0.714. The molecule has 0 saturated heterocycles. The van der Waals surface area contributed by atoms with Gasteiger partial charge in [-0.25, -0.2) is 4.68 Å². The van der Waals surface area contributed by atoms with Gasteiger partial charge in [0.25, 0.3) is 0 Å². The van der Waals surface area contributed by atoms with E-state index >= 15 is 0 Å². The molecule has 0 fully saturated rings. The first-order valence-corrected chi connectivity index (χ1v) is 6.32. The van der Waals surface area contributed by atoms with Gasteiger partial charge in [-0.2, -0.15) is 4.98 Å². The molecule has 5 nitrogen and oxygen atoms in total. The Kier molecular flexibility index (Phi) is 3.09. The van der Waals surface area contributed by atoms with Gasteiger partial charge in [0, 0.05) is 11.4 Å². The molecule has 0 saturated carbocycles. The van der Waals surface area contributed by atoms with Gasteiger partial charge < -0.3 is 11.1 Å². The lowest BCUT2D eigenvalue weighted by molar-refractivity contribution is 0.882. The fourth-order valence-electron chi connectivity index (χ4n) is 1.87. The molecule has 1 heterocycles.